The third-order valence-corrected chi connectivity index (χ3v) is 3.86. The van der Waals surface area contributed by atoms with E-state index in [1.165, 1.54) is 5.56 Å². The van der Waals surface area contributed by atoms with E-state index in [2.05, 4.69) is 61.4 Å². The van der Waals surface area contributed by atoms with E-state index in [0.29, 0.717) is 6.04 Å². The van der Waals surface area contributed by atoms with Crippen LogP contribution < -0.4 is 5.32 Å². The van der Waals surface area contributed by atoms with Gasteiger partial charge in [-0.25, -0.2) is 0 Å². The zero-order chi connectivity index (χ0) is 13.0. The van der Waals surface area contributed by atoms with Gasteiger partial charge in [0.05, 0.1) is 0 Å². The summed E-state index contributed by atoms with van der Waals surface area (Å²) in [5.74, 6) is 1.12. The number of nitrogens with one attached hydrogen (secondary N) is 1. The van der Waals surface area contributed by atoms with Crippen molar-refractivity contribution in [1.29, 1.82) is 0 Å². The number of amidine groups is 1. The maximum atomic E-state index is 4.65. The van der Waals surface area contributed by atoms with Crippen LogP contribution >= 0.6 is 11.8 Å². The van der Waals surface area contributed by atoms with Gasteiger partial charge in [-0.1, -0.05) is 62.9 Å². The van der Waals surface area contributed by atoms with Crippen LogP contribution in [0.2, 0.25) is 0 Å². The van der Waals surface area contributed by atoms with Crippen LogP contribution in [0.5, 0.6) is 0 Å². The normalized spacial score (nSPS) is 22.2. The van der Waals surface area contributed by atoms with Crippen molar-refractivity contribution in [3.63, 3.8) is 0 Å². The van der Waals surface area contributed by atoms with Crippen LogP contribution in [0.3, 0.4) is 0 Å². The first-order valence-electron chi connectivity index (χ1n) is 6.51. The van der Waals surface area contributed by atoms with Crippen molar-refractivity contribution in [3.8, 4) is 0 Å². The van der Waals surface area contributed by atoms with Crippen molar-refractivity contribution < 1.29 is 0 Å². The molecule has 0 bridgehead atoms. The molecule has 98 valence electrons. The molecule has 18 heavy (non-hydrogen) atoms. The van der Waals surface area contributed by atoms with E-state index in [9.17, 15) is 0 Å². The van der Waals surface area contributed by atoms with E-state index in [4.69, 9.17) is 0 Å². The van der Waals surface area contributed by atoms with E-state index in [1.807, 2.05) is 11.8 Å². The summed E-state index contributed by atoms with van der Waals surface area (Å²) in [6, 6.07) is 11.2. The van der Waals surface area contributed by atoms with E-state index < -0.39 is 0 Å². The summed E-state index contributed by atoms with van der Waals surface area (Å²) >= 11 is 1.85. The lowest BCUT2D eigenvalue weighted by Crippen LogP contribution is -2.29. The molecule has 0 saturated carbocycles. The standard InChI is InChI=1S/C15H22N2S/c1-15(2,3)11-16-14-17-13(10-18-14)9-12-7-5-4-6-8-12/h4-8,13H,9-11H2,1-3H3,(H,16,17). The minimum absolute atomic E-state index is 0.271. The van der Waals surface area contributed by atoms with Crippen LogP contribution in [-0.2, 0) is 6.42 Å². The molecule has 3 heteroatoms. The first-order chi connectivity index (χ1) is 8.53. The number of aliphatic imine (C=N–C) groups is 1. The van der Waals surface area contributed by atoms with Gasteiger partial charge in [-0.3, -0.25) is 4.99 Å². The Labute approximate surface area is 114 Å². The fraction of sp³-hybridized carbons (Fsp3) is 0.533. The predicted molar refractivity (Wildman–Crippen MR) is 81.3 cm³/mol. The van der Waals surface area contributed by atoms with Gasteiger partial charge in [-0.15, -0.1) is 0 Å². The quantitative estimate of drug-likeness (QED) is 0.903. The third kappa shape index (κ3) is 4.37. The van der Waals surface area contributed by atoms with Crippen LogP contribution in [0.4, 0.5) is 0 Å². The highest BCUT2D eigenvalue weighted by molar-refractivity contribution is 8.14. The van der Waals surface area contributed by atoms with E-state index in [1.54, 1.807) is 0 Å². The zero-order valence-corrected chi connectivity index (χ0v) is 12.3. The van der Waals surface area contributed by atoms with Crippen LogP contribution in [0.15, 0.2) is 35.3 Å². The molecular weight excluding hydrogens is 240 g/mol. The minimum Gasteiger partial charge on any atom is -0.361 e. The van der Waals surface area contributed by atoms with E-state index in [0.717, 1.165) is 23.9 Å². The van der Waals surface area contributed by atoms with Crippen molar-refractivity contribution in [2.75, 3.05) is 12.3 Å². The van der Waals surface area contributed by atoms with Crippen molar-refractivity contribution in [1.82, 2.24) is 5.32 Å². The molecule has 0 aromatic heterocycles. The molecule has 2 nitrogen and oxygen atoms in total. The lowest BCUT2D eigenvalue weighted by molar-refractivity contribution is 0.429. The molecule has 1 aromatic rings. The largest absolute Gasteiger partial charge is 0.361 e. The molecule has 0 amide bonds. The predicted octanol–water partition coefficient (Wildman–Crippen LogP) is 3.34. The Morgan fingerprint density at radius 3 is 2.67 bits per heavy atom. The molecule has 1 unspecified atom stereocenters. The lowest BCUT2D eigenvalue weighted by Gasteiger charge is -2.15. The van der Waals surface area contributed by atoms with Gasteiger partial charge >= 0.3 is 0 Å². The first kappa shape index (κ1) is 13.5. The summed E-state index contributed by atoms with van der Waals surface area (Å²) in [6.07, 6.45) is 1.09. The van der Waals surface area contributed by atoms with Crippen LogP contribution in [0.1, 0.15) is 26.3 Å². The highest BCUT2D eigenvalue weighted by Gasteiger charge is 2.21. The van der Waals surface area contributed by atoms with E-state index in [-0.39, 0.29) is 5.41 Å². The van der Waals surface area contributed by atoms with Crippen molar-refractivity contribution in [2.45, 2.75) is 33.2 Å². The maximum Gasteiger partial charge on any atom is 0.156 e. The molecule has 1 atom stereocenters. The van der Waals surface area contributed by atoms with Gasteiger partial charge in [-0.2, -0.15) is 0 Å². The SMILES string of the molecule is CC(C)(C)CN=C1NC(Cc2ccccc2)CS1. The zero-order valence-electron chi connectivity index (χ0n) is 11.4. The van der Waals surface area contributed by atoms with Gasteiger partial charge in [0.25, 0.3) is 0 Å². The van der Waals surface area contributed by atoms with Crippen molar-refractivity contribution in [3.05, 3.63) is 35.9 Å². The van der Waals surface area contributed by atoms with Crippen molar-refractivity contribution in [2.24, 2.45) is 10.4 Å². The number of benzene rings is 1. The fourth-order valence-electron chi connectivity index (χ4n) is 1.85. The molecule has 0 radical (unpaired) electrons. The Hall–Kier alpha value is -0.960. The minimum atomic E-state index is 0.271. The second-order valence-electron chi connectivity index (χ2n) is 6.02. The van der Waals surface area contributed by atoms with Gasteiger partial charge < -0.3 is 5.32 Å². The highest BCUT2D eigenvalue weighted by atomic mass is 32.2. The maximum absolute atomic E-state index is 4.65. The first-order valence-corrected chi connectivity index (χ1v) is 7.49. The monoisotopic (exact) mass is 262 g/mol. The third-order valence-electron chi connectivity index (χ3n) is 2.77. The Morgan fingerprint density at radius 1 is 1.28 bits per heavy atom. The Morgan fingerprint density at radius 2 is 2.00 bits per heavy atom. The molecule has 0 spiro atoms. The molecule has 1 aliphatic heterocycles. The van der Waals surface area contributed by atoms with Crippen LogP contribution in [0, 0.1) is 5.41 Å². The summed E-state index contributed by atoms with van der Waals surface area (Å²) in [6.45, 7) is 7.55. The summed E-state index contributed by atoms with van der Waals surface area (Å²) < 4.78 is 0. The number of hydrogen-bond acceptors (Lipinski definition) is 2. The summed E-state index contributed by atoms with van der Waals surface area (Å²) in [7, 11) is 0. The Kier molecular flexibility index (Phi) is 4.33. The smallest absolute Gasteiger partial charge is 0.156 e. The summed E-state index contributed by atoms with van der Waals surface area (Å²) in [5, 5.41) is 4.64. The van der Waals surface area contributed by atoms with Crippen LogP contribution in [0.25, 0.3) is 0 Å². The lowest BCUT2D eigenvalue weighted by atomic mass is 9.97. The molecular formula is C15H22N2S. The molecule has 2 rings (SSSR count). The molecule has 1 heterocycles. The second-order valence-corrected chi connectivity index (χ2v) is 7.03. The molecule has 1 aliphatic rings. The van der Waals surface area contributed by atoms with E-state index >= 15 is 0 Å². The second kappa shape index (κ2) is 5.79. The fourth-order valence-corrected chi connectivity index (χ4v) is 2.81. The topological polar surface area (TPSA) is 24.4 Å². The number of hydrogen-bond donors (Lipinski definition) is 1. The molecule has 1 fully saturated rings. The average molecular weight is 262 g/mol. The summed E-state index contributed by atoms with van der Waals surface area (Å²) in [5.41, 5.74) is 1.67. The average Bonchev–Trinajstić information content (AvgIpc) is 2.75. The number of nitrogens with zero attached hydrogens (tertiary/aromatic N) is 1. The van der Waals surface area contributed by atoms with Crippen molar-refractivity contribution >= 4 is 16.9 Å². The molecule has 1 N–H and O–H groups in total. The Balaban J connectivity index is 1.85. The number of thioether (sulfide) groups is 1. The van der Waals surface area contributed by atoms with Gasteiger partial charge in [0.2, 0.25) is 0 Å². The Bertz CT molecular complexity index is 406. The van der Waals surface area contributed by atoms with Crippen LogP contribution in [-0.4, -0.2) is 23.5 Å². The van der Waals surface area contributed by atoms with Gasteiger partial charge in [-0.05, 0) is 17.4 Å². The highest BCUT2D eigenvalue weighted by Crippen LogP contribution is 2.19. The molecule has 1 aromatic carbocycles. The van der Waals surface area contributed by atoms with Gasteiger partial charge in [0, 0.05) is 18.3 Å². The van der Waals surface area contributed by atoms with Gasteiger partial charge in [0.1, 0.15) is 0 Å². The number of rotatable bonds is 3. The molecule has 0 aliphatic carbocycles. The summed E-state index contributed by atoms with van der Waals surface area (Å²) in [4.78, 5) is 4.65. The van der Waals surface area contributed by atoms with Gasteiger partial charge in [0.15, 0.2) is 5.17 Å². The molecule has 1 saturated heterocycles.